The molecule has 1 heterocycles. The number of nitrogens with zero attached hydrogens (tertiary/aromatic N) is 2. The number of ketones is 1. The highest BCUT2D eigenvalue weighted by atomic mass is 16.5. The first-order chi connectivity index (χ1) is 10.0. The normalized spacial score (nSPS) is 16.6. The number of hydrogen-bond donors (Lipinski definition) is 1. The third-order valence-corrected chi connectivity index (χ3v) is 3.48. The monoisotopic (exact) mass is 292 g/mol. The Kier molecular flexibility index (Phi) is 5.30. The second-order valence-corrected chi connectivity index (χ2v) is 5.21. The number of carbonyl (C=O) groups is 2. The molecule has 1 aromatic rings. The number of hydrogen-bond acceptors (Lipinski definition) is 5. The highest BCUT2D eigenvalue weighted by Gasteiger charge is 2.17. The van der Waals surface area contributed by atoms with Crippen molar-refractivity contribution in [3.63, 3.8) is 0 Å². The molecular formula is C15H20N2O4. The molecule has 114 valence electrons. The number of likely N-dealkylation sites (N-methyl/N-ethyl adjacent to an activating group) is 1. The molecule has 0 spiro atoms. The number of rotatable bonds is 6. The van der Waals surface area contributed by atoms with Crippen LogP contribution in [-0.4, -0.2) is 73.0 Å². The molecule has 0 atom stereocenters. The van der Waals surface area contributed by atoms with Crippen molar-refractivity contribution >= 4 is 11.8 Å². The molecule has 2 rings (SSSR count). The summed E-state index contributed by atoms with van der Waals surface area (Å²) in [7, 11) is 2.07. The van der Waals surface area contributed by atoms with Gasteiger partial charge in [0.2, 0.25) is 0 Å². The van der Waals surface area contributed by atoms with Crippen LogP contribution in [0.5, 0.6) is 5.75 Å². The predicted molar refractivity (Wildman–Crippen MR) is 77.8 cm³/mol. The lowest BCUT2D eigenvalue weighted by molar-refractivity contribution is -0.139. The molecule has 1 aromatic carbocycles. The Labute approximate surface area is 123 Å². The van der Waals surface area contributed by atoms with Crippen molar-refractivity contribution in [3.05, 3.63) is 29.8 Å². The number of carboxylic acid groups (broad SMARTS) is 1. The van der Waals surface area contributed by atoms with E-state index in [1.165, 1.54) is 0 Å². The van der Waals surface area contributed by atoms with Crippen molar-refractivity contribution in [2.45, 2.75) is 0 Å². The Bertz CT molecular complexity index is 510. The molecule has 1 aliphatic rings. The zero-order valence-electron chi connectivity index (χ0n) is 12.1. The van der Waals surface area contributed by atoms with Crippen molar-refractivity contribution in [1.29, 1.82) is 0 Å². The first kappa shape index (κ1) is 15.5. The summed E-state index contributed by atoms with van der Waals surface area (Å²) in [6, 6.07) is 6.68. The van der Waals surface area contributed by atoms with Crippen molar-refractivity contribution in [3.8, 4) is 5.75 Å². The molecule has 21 heavy (non-hydrogen) atoms. The van der Waals surface area contributed by atoms with Crippen molar-refractivity contribution in [2.75, 3.05) is 46.4 Å². The van der Waals surface area contributed by atoms with Crippen LogP contribution < -0.4 is 4.74 Å². The molecular weight excluding hydrogens is 272 g/mol. The van der Waals surface area contributed by atoms with Gasteiger partial charge in [-0.1, -0.05) is 12.1 Å². The molecule has 1 aliphatic heterocycles. The van der Waals surface area contributed by atoms with Gasteiger partial charge in [-0.2, -0.15) is 0 Å². The van der Waals surface area contributed by atoms with E-state index in [0.717, 1.165) is 26.2 Å². The minimum absolute atomic E-state index is 0.0281. The lowest BCUT2D eigenvalue weighted by atomic mass is 10.1. The van der Waals surface area contributed by atoms with Crippen molar-refractivity contribution in [2.24, 2.45) is 0 Å². The molecule has 6 heteroatoms. The second kappa shape index (κ2) is 7.19. The van der Waals surface area contributed by atoms with Gasteiger partial charge in [-0.15, -0.1) is 0 Å². The molecule has 0 radical (unpaired) electrons. The molecule has 6 nitrogen and oxygen atoms in total. The van der Waals surface area contributed by atoms with Gasteiger partial charge < -0.3 is 14.7 Å². The highest BCUT2D eigenvalue weighted by molar-refractivity contribution is 5.98. The second-order valence-electron chi connectivity index (χ2n) is 5.21. The molecule has 0 saturated carbocycles. The van der Waals surface area contributed by atoms with E-state index in [0.29, 0.717) is 17.9 Å². The Morgan fingerprint density at radius 2 is 1.95 bits per heavy atom. The molecule has 1 saturated heterocycles. The van der Waals surface area contributed by atoms with E-state index in [2.05, 4.69) is 16.8 Å². The summed E-state index contributed by atoms with van der Waals surface area (Å²) >= 11 is 0. The van der Waals surface area contributed by atoms with Crippen LogP contribution in [0.15, 0.2) is 24.3 Å². The summed E-state index contributed by atoms with van der Waals surface area (Å²) < 4.78 is 5.09. The van der Waals surface area contributed by atoms with E-state index in [4.69, 9.17) is 9.84 Å². The quantitative estimate of drug-likeness (QED) is 0.774. The Hall–Kier alpha value is -1.92. The maximum atomic E-state index is 12.3. The lowest BCUT2D eigenvalue weighted by Crippen LogP contribution is -2.46. The fourth-order valence-electron chi connectivity index (χ4n) is 2.20. The maximum Gasteiger partial charge on any atom is 0.341 e. The predicted octanol–water partition coefficient (Wildman–Crippen LogP) is 0.580. The van der Waals surface area contributed by atoms with Gasteiger partial charge in [0.15, 0.2) is 12.4 Å². The Balaban J connectivity index is 1.92. The topological polar surface area (TPSA) is 70.1 Å². The number of Topliss-reactive ketones (excluding diaryl/α,β-unsaturated/α-hetero) is 1. The summed E-state index contributed by atoms with van der Waals surface area (Å²) in [6.07, 6.45) is 0. The summed E-state index contributed by atoms with van der Waals surface area (Å²) in [6.45, 7) is 3.69. The van der Waals surface area contributed by atoms with Gasteiger partial charge >= 0.3 is 5.97 Å². The summed E-state index contributed by atoms with van der Waals surface area (Å²) in [5.41, 5.74) is 0.553. The first-order valence-corrected chi connectivity index (χ1v) is 6.93. The van der Waals surface area contributed by atoms with Crippen LogP contribution in [0.25, 0.3) is 0 Å². The zero-order chi connectivity index (χ0) is 15.2. The van der Waals surface area contributed by atoms with Crippen LogP contribution in [0.1, 0.15) is 10.4 Å². The smallest absolute Gasteiger partial charge is 0.341 e. The number of benzene rings is 1. The largest absolute Gasteiger partial charge is 0.482 e. The van der Waals surface area contributed by atoms with E-state index in [9.17, 15) is 9.59 Å². The van der Waals surface area contributed by atoms with Crippen LogP contribution in [-0.2, 0) is 4.79 Å². The van der Waals surface area contributed by atoms with Gasteiger partial charge in [-0.05, 0) is 19.2 Å². The van der Waals surface area contributed by atoms with E-state index >= 15 is 0 Å². The Morgan fingerprint density at radius 1 is 1.24 bits per heavy atom. The Morgan fingerprint density at radius 3 is 2.62 bits per heavy atom. The fraction of sp³-hybridized carbons (Fsp3) is 0.467. The van der Waals surface area contributed by atoms with Crippen LogP contribution in [0.2, 0.25) is 0 Å². The van der Waals surface area contributed by atoms with Gasteiger partial charge in [0.1, 0.15) is 5.75 Å². The number of piperazine rings is 1. The summed E-state index contributed by atoms with van der Waals surface area (Å²) in [4.78, 5) is 27.1. The first-order valence-electron chi connectivity index (χ1n) is 6.93. The van der Waals surface area contributed by atoms with Gasteiger partial charge in [-0.25, -0.2) is 4.79 Å². The van der Waals surface area contributed by atoms with Crippen LogP contribution in [0, 0.1) is 0 Å². The van der Waals surface area contributed by atoms with Crippen LogP contribution in [0.4, 0.5) is 0 Å². The summed E-state index contributed by atoms with van der Waals surface area (Å²) in [5, 5.41) is 8.59. The molecule has 0 bridgehead atoms. The number of carbonyl (C=O) groups excluding carboxylic acids is 1. The van der Waals surface area contributed by atoms with Gasteiger partial charge in [-0.3, -0.25) is 9.69 Å². The van der Waals surface area contributed by atoms with Crippen molar-refractivity contribution in [1.82, 2.24) is 9.80 Å². The van der Waals surface area contributed by atoms with E-state index in [1.807, 2.05) is 0 Å². The number of aliphatic carboxylic acids is 1. The van der Waals surface area contributed by atoms with Gasteiger partial charge in [0.25, 0.3) is 0 Å². The van der Waals surface area contributed by atoms with Gasteiger partial charge in [0, 0.05) is 31.7 Å². The molecule has 0 amide bonds. The number of carboxylic acids is 1. The van der Waals surface area contributed by atoms with E-state index in [-0.39, 0.29) is 5.78 Å². The molecule has 0 aliphatic carbocycles. The van der Waals surface area contributed by atoms with Gasteiger partial charge in [0.05, 0.1) is 6.54 Å². The minimum atomic E-state index is -1.04. The van der Waals surface area contributed by atoms with Crippen molar-refractivity contribution < 1.29 is 19.4 Å². The highest BCUT2D eigenvalue weighted by Crippen LogP contribution is 2.14. The average molecular weight is 292 g/mol. The molecule has 1 N–H and O–H groups in total. The molecule has 0 aromatic heterocycles. The molecule has 1 fully saturated rings. The standard InChI is InChI=1S/C15H20N2O4/c1-16-5-7-17(8-6-16)10-14(18)12-3-2-4-13(9-12)21-11-15(19)20/h2-4,9H,5-8,10-11H2,1H3,(H,19,20). The van der Waals surface area contributed by atoms with Crippen LogP contribution in [0.3, 0.4) is 0 Å². The SMILES string of the molecule is CN1CCN(CC(=O)c2cccc(OCC(=O)O)c2)CC1. The van der Waals surface area contributed by atoms with E-state index in [1.54, 1.807) is 24.3 Å². The third-order valence-electron chi connectivity index (χ3n) is 3.48. The maximum absolute atomic E-state index is 12.3. The average Bonchev–Trinajstić information content (AvgIpc) is 2.48. The zero-order valence-corrected chi connectivity index (χ0v) is 12.1. The van der Waals surface area contributed by atoms with E-state index < -0.39 is 12.6 Å². The lowest BCUT2D eigenvalue weighted by Gasteiger charge is -2.31. The van der Waals surface area contributed by atoms with Crippen LogP contribution >= 0.6 is 0 Å². The third kappa shape index (κ3) is 4.84. The summed E-state index contributed by atoms with van der Waals surface area (Å²) in [5.74, 6) is -0.605. The minimum Gasteiger partial charge on any atom is -0.482 e. The molecule has 0 unspecified atom stereocenters. The fourth-order valence-corrected chi connectivity index (χ4v) is 2.20. The number of ether oxygens (including phenoxy) is 1.